The maximum atomic E-state index is 13.2. The van der Waals surface area contributed by atoms with Crippen LogP contribution in [0.1, 0.15) is 16.7 Å². The minimum Gasteiger partial charge on any atom is -0.493 e. The Bertz CT molecular complexity index is 1740. The molecule has 0 unspecified atom stereocenters. The molecule has 0 spiro atoms. The van der Waals surface area contributed by atoms with Gasteiger partial charge >= 0.3 is 0 Å². The summed E-state index contributed by atoms with van der Waals surface area (Å²) in [5.41, 5.74) is 3.70. The lowest BCUT2D eigenvalue weighted by Gasteiger charge is -2.16. The van der Waals surface area contributed by atoms with E-state index < -0.39 is 4.92 Å². The Morgan fingerprint density at radius 2 is 2.00 bits per heavy atom. The van der Waals surface area contributed by atoms with E-state index in [-0.39, 0.29) is 17.9 Å². The summed E-state index contributed by atoms with van der Waals surface area (Å²) in [5, 5.41) is 11.1. The minimum absolute atomic E-state index is 0.00261. The van der Waals surface area contributed by atoms with Gasteiger partial charge in [-0.2, -0.15) is 0 Å². The first-order chi connectivity index (χ1) is 17.5. The van der Waals surface area contributed by atoms with Crippen LogP contribution in [0, 0.1) is 10.1 Å². The van der Waals surface area contributed by atoms with E-state index in [1.54, 1.807) is 35.8 Å². The zero-order valence-corrected chi connectivity index (χ0v) is 20.2. The normalized spacial score (nSPS) is 11.8. The number of nitrogens with zero attached hydrogens (tertiary/aromatic N) is 3. The molecule has 0 saturated heterocycles. The summed E-state index contributed by atoms with van der Waals surface area (Å²) in [6.45, 7) is 3.97. The fourth-order valence-electron chi connectivity index (χ4n) is 4.07. The van der Waals surface area contributed by atoms with Crippen molar-refractivity contribution in [2.75, 3.05) is 7.11 Å². The Labute approximate surface area is 209 Å². The van der Waals surface area contributed by atoms with Crippen molar-refractivity contribution in [2.45, 2.75) is 13.0 Å². The number of thiazole rings is 1. The molecule has 5 aromatic rings. The lowest BCUT2D eigenvalue weighted by Crippen LogP contribution is -2.22. The van der Waals surface area contributed by atoms with Crippen LogP contribution in [0.4, 0.5) is 5.69 Å². The Kier molecular flexibility index (Phi) is 6.22. The minimum atomic E-state index is -0.438. The van der Waals surface area contributed by atoms with Crippen LogP contribution in [-0.4, -0.2) is 21.4 Å². The van der Waals surface area contributed by atoms with Gasteiger partial charge in [-0.1, -0.05) is 41.7 Å². The summed E-state index contributed by atoms with van der Waals surface area (Å²) in [4.78, 5) is 29.0. The number of allylic oxidation sites excluding steroid dienone is 1. The number of hydrogen-bond acceptors (Lipinski definition) is 7. The van der Waals surface area contributed by atoms with Crippen molar-refractivity contribution in [1.29, 1.82) is 0 Å². The predicted molar refractivity (Wildman–Crippen MR) is 140 cm³/mol. The topological polar surface area (TPSA) is 96.0 Å². The largest absolute Gasteiger partial charge is 0.493 e. The van der Waals surface area contributed by atoms with Crippen molar-refractivity contribution in [3.05, 3.63) is 115 Å². The second-order valence-corrected chi connectivity index (χ2v) is 9.06. The molecule has 0 radical (unpaired) electrons. The molecular weight excluding hydrogens is 478 g/mol. The molecule has 0 amide bonds. The Balaban J connectivity index is 1.54. The van der Waals surface area contributed by atoms with Crippen LogP contribution in [0.25, 0.3) is 22.1 Å². The number of nitro groups is 1. The number of ether oxygens (including phenoxy) is 2. The second kappa shape index (κ2) is 9.63. The zero-order chi connectivity index (χ0) is 25.2. The molecule has 0 bridgehead atoms. The monoisotopic (exact) mass is 499 g/mol. The van der Waals surface area contributed by atoms with Gasteiger partial charge in [0.1, 0.15) is 6.61 Å². The van der Waals surface area contributed by atoms with Crippen LogP contribution in [-0.2, 0) is 13.0 Å². The molecule has 0 atom stereocenters. The van der Waals surface area contributed by atoms with Crippen LogP contribution >= 0.6 is 11.3 Å². The van der Waals surface area contributed by atoms with Gasteiger partial charge in [0.15, 0.2) is 16.5 Å². The van der Waals surface area contributed by atoms with Crippen LogP contribution in [0.3, 0.4) is 0 Å². The van der Waals surface area contributed by atoms with Gasteiger partial charge in [-0.25, -0.2) is 9.38 Å². The molecular formula is C27H21N3O5S. The lowest BCUT2D eigenvalue weighted by molar-refractivity contribution is -0.384. The number of rotatable bonds is 8. The van der Waals surface area contributed by atoms with Gasteiger partial charge in [0.2, 0.25) is 0 Å². The number of non-ortho nitro benzene ring substituents is 1. The van der Waals surface area contributed by atoms with Gasteiger partial charge in [0.25, 0.3) is 11.2 Å². The summed E-state index contributed by atoms with van der Waals surface area (Å²) in [6, 6.07) is 17.6. The molecule has 0 N–H and O–H groups in total. The summed E-state index contributed by atoms with van der Waals surface area (Å²) in [6.07, 6.45) is 4.07. The number of benzene rings is 3. The average Bonchev–Trinajstić information content (AvgIpc) is 3.39. The maximum absolute atomic E-state index is 13.2. The van der Waals surface area contributed by atoms with Gasteiger partial charge < -0.3 is 9.47 Å². The van der Waals surface area contributed by atoms with E-state index in [9.17, 15) is 14.9 Å². The molecule has 8 nitrogen and oxygen atoms in total. The van der Waals surface area contributed by atoms with Crippen LogP contribution < -0.4 is 19.6 Å². The third-order valence-electron chi connectivity index (χ3n) is 5.69. The van der Waals surface area contributed by atoms with Gasteiger partial charge in [-0.05, 0) is 47.9 Å². The van der Waals surface area contributed by atoms with Crippen molar-refractivity contribution in [1.82, 2.24) is 9.38 Å². The fourth-order valence-corrected chi connectivity index (χ4v) is 5.06. The highest BCUT2D eigenvalue weighted by atomic mass is 32.1. The molecule has 0 aliphatic heterocycles. The standard InChI is InChI=1S/C27H21N3O5S/c1-3-7-19-12-18(15-24-26(31)29-22-11-5-4-10-21(22)28-27(29)36-24)14-23(34-2)25(19)35-16-17-8-6-9-20(13-17)30(32)33/h3-6,8-15H,1,7,16H2,2H3. The highest BCUT2D eigenvalue weighted by Gasteiger charge is 2.15. The summed E-state index contributed by atoms with van der Waals surface area (Å²) in [5.74, 6) is 1.01. The number of para-hydroxylation sites is 2. The second-order valence-electron chi connectivity index (χ2n) is 8.05. The first kappa shape index (κ1) is 23.3. The quantitative estimate of drug-likeness (QED) is 0.175. The van der Waals surface area contributed by atoms with E-state index >= 15 is 0 Å². The number of nitro benzene ring substituents is 1. The fraction of sp³-hybridized carbons (Fsp3) is 0.111. The Morgan fingerprint density at radius 1 is 1.17 bits per heavy atom. The summed E-state index contributed by atoms with van der Waals surface area (Å²) in [7, 11) is 1.54. The van der Waals surface area contributed by atoms with Crippen LogP contribution in [0.5, 0.6) is 11.5 Å². The Morgan fingerprint density at radius 3 is 2.78 bits per heavy atom. The maximum Gasteiger partial charge on any atom is 0.274 e. The molecule has 0 aliphatic rings. The molecule has 0 saturated carbocycles. The van der Waals surface area contributed by atoms with E-state index in [1.165, 1.54) is 23.5 Å². The molecule has 0 fully saturated rings. The van der Waals surface area contributed by atoms with Crippen molar-refractivity contribution < 1.29 is 14.4 Å². The highest BCUT2D eigenvalue weighted by molar-refractivity contribution is 7.15. The van der Waals surface area contributed by atoms with E-state index in [0.717, 1.165) is 22.2 Å². The summed E-state index contributed by atoms with van der Waals surface area (Å²) >= 11 is 1.33. The number of fused-ring (bicyclic) bond motifs is 3. The zero-order valence-electron chi connectivity index (χ0n) is 19.3. The smallest absolute Gasteiger partial charge is 0.274 e. The molecule has 36 heavy (non-hydrogen) atoms. The SMILES string of the molecule is C=CCc1cc(C=c2sc3nc4ccccc4n3c2=O)cc(OC)c1OCc1cccc([N+](=O)[O-])c1. The van der Waals surface area contributed by atoms with E-state index in [2.05, 4.69) is 11.6 Å². The van der Waals surface area contributed by atoms with Crippen molar-refractivity contribution in [2.24, 2.45) is 0 Å². The van der Waals surface area contributed by atoms with Gasteiger partial charge in [-0.3, -0.25) is 14.9 Å². The molecule has 2 aromatic heterocycles. The molecule has 9 heteroatoms. The molecule has 3 aromatic carbocycles. The molecule has 2 heterocycles. The lowest BCUT2D eigenvalue weighted by atomic mass is 10.1. The van der Waals surface area contributed by atoms with Crippen molar-refractivity contribution >= 4 is 39.1 Å². The van der Waals surface area contributed by atoms with Gasteiger partial charge in [-0.15, -0.1) is 6.58 Å². The predicted octanol–water partition coefficient (Wildman–Crippen LogP) is 4.68. The average molecular weight is 500 g/mol. The number of methoxy groups -OCH3 is 1. The molecule has 180 valence electrons. The number of aromatic nitrogens is 2. The van der Waals surface area contributed by atoms with Crippen LogP contribution in [0.2, 0.25) is 0 Å². The van der Waals surface area contributed by atoms with E-state index in [0.29, 0.717) is 33.0 Å². The first-order valence-electron chi connectivity index (χ1n) is 11.1. The number of imidazole rings is 1. The summed E-state index contributed by atoms with van der Waals surface area (Å²) < 4.78 is 13.9. The van der Waals surface area contributed by atoms with Crippen molar-refractivity contribution in [3.8, 4) is 11.5 Å². The highest BCUT2D eigenvalue weighted by Crippen LogP contribution is 2.34. The first-order valence-corrected chi connectivity index (χ1v) is 11.9. The van der Waals surface area contributed by atoms with E-state index in [1.807, 2.05) is 36.4 Å². The number of hydrogen-bond donors (Lipinski definition) is 0. The van der Waals surface area contributed by atoms with Gasteiger partial charge in [0.05, 0.1) is 27.6 Å². The third-order valence-corrected chi connectivity index (χ3v) is 6.65. The van der Waals surface area contributed by atoms with Crippen LogP contribution in [0.15, 0.2) is 78.1 Å². The Hall–Kier alpha value is -4.50. The third kappa shape index (κ3) is 4.32. The van der Waals surface area contributed by atoms with E-state index in [4.69, 9.17) is 9.47 Å². The van der Waals surface area contributed by atoms with Gasteiger partial charge in [0, 0.05) is 17.7 Å². The molecule has 5 rings (SSSR count). The van der Waals surface area contributed by atoms with Crippen molar-refractivity contribution in [3.63, 3.8) is 0 Å². The molecule has 0 aliphatic carbocycles.